The van der Waals surface area contributed by atoms with E-state index in [0.29, 0.717) is 11.8 Å². The molecule has 2 aromatic rings. The Labute approximate surface area is 172 Å². The molecule has 162 valence electrons. The predicted octanol–water partition coefficient (Wildman–Crippen LogP) is 3.21. The first-order valence-corrected chi connectivity index (χ1v) is 10.8. The minimum Gasteiger partial charge on any atom is -0.379 e. The highest BCUT2D eigenvalue weighted by Gasteiger charge is 2.29. The number of morpholine rings is 1. The molecule has 1 N–H and O–H groups in total. The third-order valence-corrected chi connectivity index (χ3v) is 6.16. The highest BCUT2D eigenvalue weighted by molar-refractivity contribution is 7.91. The standard InChI is InChI=1S/C19H21F2N3O5S/c20-19(21)30(27,28)16-5-6-17(18(13-16)24(25)26)22-15-3-1-14(2-4-15)7-8-23-9-11-29-12-10-23/h1-6,13,19,22H,7-12H2. The van der Waals surface area contributed by atoms with E-state index in [0.717, 1.165) is 57.0 Å². The second-order valence-electron chi connectivity index (χ2n) is 6.77. The Morgan fingerprint density at radius 3 is 2.40 bits per heavy atom. The van der Waals surface area contributed by atoms with Crippen LogP contribution in [-0.2, 0) is 21.0 Å². The summed E-state index contributed by atoms with van der Waals surface area (Å²) >= 11 is 0. The van der Waals surface area contributed by atoms with Crippen LogP contribution in [0.3, 0.4) is 0 Å². The molecule has 0 aliphatic carbocycles. The van der Waals surface area contributed by atoms with Crippen LogP contribution in [0.2, 0.25) is 0 Å². The Morgan fingerprint density at radius 1 is 1.13 bits per heavy atom. The molecule has 0 spiro atoms. The minimum atomic E-state index is -4.92. The predicted molar refractivity (Wildman–Crippen MR) is 107 cm³/mol. The zero-order valence-corrected chi connectivity index (χ0v) is 16.8. The number of halogens is 2. The first kappa shape index (κ1) is 22.1. The number of rotatable bonds is 8. The van der Waals surface area contributed by atoms with Gasteiger partial charge in [0.2, 0.25) is 9.84 Å². The lowest BCUT2D eigenvalue weighted by Gasteiger charge is -2.26. The van der Waals surface area contributed by atoms with Crippen molar-refractivity contribution in [2.45, 2.75) is 17.1 Å². The molecule has 0 amide bonds. The van der Waals surface area contributed by atoms with Crippen LogP contribution in [0.15, 0.2) is 47.4 Å². The van der Waals surface area contributed by atoms with Gasteiger partial charge >= 0.3 is 5.76 Å². The second kappa shape index (κ2) is 9.45. The molecule has 0 aromatic heterocycles. The molecular formula is C19H21F2N3O5S. The van der Waals surface area contributed by atoms with Crippen LogP contribution in [0, 0.1) is 10.1 Å². The number of ether oxygens (including phenoxy) is 1. The summed E-state index contributed by atoms with van der Waals surface area (Å²) in [6, 6.07) is 9.96. The lowest BCUT2D eigenvalue weighted by molar-refractivity contribution is -0.384. The van der Waals surface area contributed by atoms with Crippen LogP contribution in [0.1, 0.15) is 5.56 Å². The summed E-state index contributed by atoms with van der Waals surface area (Å²) in [5.74, 6) is -3.65. The van der Waals surface area contributed by atoms with Crippen molar-refractivity contribution in [2.75, 3.05) is 38.2 Å². The van der Waals surface area contributed by atoms with E-state index in [1.807, 2.05) is 12.1 Å². The lowest BCUT2D eigenvalue weighted by Crippen LogP contribution is -2.37. The zero-order valence-electron chi connectivity index (χ0n) is 16.0. The number of sulfone groups is 1. The van der Waals surface area contributed by atoms with Gasteiger partial charge in [0.15, 0.2) is 0 Å². The van der Waals surface area contributed by atoms with Crippen LogP contribution in [0.5, 0.6) is 0 Å². The Hall–Kier alpha value is -2.63. The van der Waals surface area contributed by atoms with Crippen LogP contribution >= 0.6 is 0 Å². The Kier molecular flexibility index (Phi) is 6.95. The van der Waals surface area contributed by atoms with E-state index in [2.05, 4.69) is 10.2 Å². The maximum absolute atomic E-state index is 12.7. The van der Waals surface area contributed by atoms with Gasteiger partial charge in [-0.15, -0.1) is 0 Å². The third kappa shape index (κ3) is 5.29. The van der Waals surface area contributed by atoms with Gasteiger partial charge in [-0.05, 0) is 36.2 Å². The molecule has 1 aliphatic rings. The van der Waals surface area contributed by atoms with E-state index in [4.69, 9.17) is 4.74 Å². The summed E-state index contributed by atoms with van der Waals surface area (Å²) in [4.78, 5) is 12.0. The van der Waals surface area contributed by atoms with Crippen molar-refractivity contribution in [3.63, 3.8) is 0 Å². The summed E-state index contributed by atoms with van der Waals surface area (Å²) in [7, 11) is -4.92. The van der Waals surface area contributed by atoms with Gasteiger partial charge in [0, 0.05) is 31.4 Å². The zero-order chi connectivity index (χ0) is 21.7. The average Bonchev–Trinajstić information content (AvgIpc) is 2.74. The molecule has 3 rings (SSSR count). The van der Waals surface area contributed by atoms with Crippen molar-refractivity contribution in [1.82, 2.24) is 4.90 Å². The molecule has 0 bridgehead atoms. The molecule has 1 aliphatic heterocycles. The van der Waals surface area contributed by atoms with Gasteiger partial charge in [0.05, 0.1) is 23.0 Å². The van der Waals surface area contributed by atoms with Gasteiger partial charge in [-0.25, -0.2) is 8.42 Å². The third-order valence-electron chi connectivity index (χ3n) is 4.78. The smallest absolute Gasteiger partial charge is 0.341 e. The van der Waals surface area contributed by atoms with Crippen molar-refractivity contribution in [3.05, 3.63) is 58.1 Å². The number of anilines is 2. The largest absolute Gasteiger partial charge is 0.379 e. The van der Waals surface area contributed by atoms with Crippen molar-refractivity contribution in [2.24, 2.45) is 0 Å². The van der Waals surface area contributed by atoms with Crippen LogP contribution < -0.4 is 5.32 Å². The summed E-state index contributed by atoms with van der Waals surface area (Å²) in [6.45, 7) is 4.18. The Bertz CT molecular complexity index is 994. The van der Waals surface area contributed by atoms with E-state index in [9.17, 15) is 27.3 Å². The molecule has 0 saturated carbocycles. The molecule has 11 heteroatoms. The maximum atomic E-state index is 12.7. The molecule has 30 heavy (non-hydrogen) atoms. The highest BCUT2D eigenvalue weighted by Crippen LogP contribution is 2.32. The number of alkyl halides is 2. The molecule has 0 radical (unpaired) electrons. The molecule has 1 fully saturated rings. The minimum absolute atomic E-state index is 0.00860. The van der Waals surface area contributed by atoms with Crippen LogP contribution in [-0.4, -0.2) is 56.8 Å². The highest BCUT2D eigenvalue weighted by atomic mass is 32.2. The molecule has 8 nitrogen and oxygen atoms in total. The van der Waals surface area contributed by atoms with E-state index in [-0.39, 0.29) is 5.69 Å². The number of nitro benzene ring substituents is 1. The Morgan fingerprint density at radius 2 is 1.80 bits per heavy atom. The van der Waals surface area contributed by atoms with Gasteiger partial charge in [-0.3, -0.25) is 15.0 Å². The summed E-state index contributed by atoms with van der Waals surface area (Å²) in [6.07, 6.45) is 0.848. The SMILES string of the molecule is O=[N+]([O-])c1cc(S(=O)(=O)C(F)F)ccc1Nc1ccc(CCN2CCOCC2)cc1. The second-order valence-corrected chi connectivity index (χ2v) is 8.69. The van der Waals surface area contributed by atoms with Crippen LogP contribution in [0.25, 0.3) is 0 Å². The molecule has 1 saturated heterocycles. The molecule has 0 unspecified atom stereocenters. The van der Waals surface area contributed by atoms with Crippen molar-refractivity contribution in [3.8, 4) is 0 Å². The summed E-state index contributed by atoms with van der Waals surface area (Å²) in [5, 5.41) is 14.2. The molecule has 2 aromatic carbocycles. The van der Waals surface area contributed by atoms with Crippen LogP contribution in [0.4, 0.5) is 25.8 Å². The van der Waals surface area contributed by atoms with E-state index in [1.165, 1.54) is 0 Å². The topological polar surface area (TPSA) is 102 Å². The number of hydrogen-bond donors (Lipinski definition) is 1. The summed E-state index contributed by atoms with van der Waals surface area (Å²) in [5.41, 5.74) is 1.06. The van der Waals surface area contributed by atoms with Crippen molar-refractivity contribution in [1.29, 1.82) is 0 Å². The van der Waals surface area contributed by atoms with Crippen molar-refractivity contribution >= 4 is 26.9 Å². The fraction of sp³-hybridized carbons (Fsp3) is 0.368. The number of benzene rings is 2. The lowest BCUT2D eigenvalue weighted by atomic mass is 10.1. The monoisotopic (exact) mass is 441 g/mol. The van der Waals surface area contributed by atoms with Gasteiger partial charge in [0.1, 0.15) is 5.69 Å². The quantitative estimate of drug-likeness (QED) is 0.496. The van der Waals surface area contributed by atoms with Gasteiger partial charge in [-0.2, -0.15) is 8.78 Å². The van der Waals surface area contributed by atoms with Gasteiger partial charge in [0.25, 0.3) is 5.69 Å². The number of nitro groups is 1. The first-order valence-electron chi connectivity index (χ1n) is 9.24. The fourth-order valence-electron chi connectivity index (χ4n) is 3.07. The molecule has 1 heterocycles. The fourth-order valence-corrected chi connectivity index (χ4v) is 3.81. The number of nitrogens with zero attached hydrogens (tertiary/aromatic N) is 2. The van der Waals surface area contributed by atoms with Gasteiger partial charge < -0.3 is 10.1 Å². The van der Waals surface area contributed by atoms with E-state index >= 15 is 0 Å². The Balaban J connectivity index is 1.71. The average molecular weight is 441 g/mol. The van der Waals surface area contributed by atoms with E-state index < -0.39 is 31.1 Å². The first-order chi connectivity index (χ1) is 14.3. The normalized spacial score (nSPS) is 15.3. The maximum Gasteiger partial charge on any atom is 0.341 e. The van der Waals surface area contributed by atoms with Crippen molar-refractivity contribution < 1.29 is 26.9 Å². The number of nitrogens with one attached hydrogen (secondary N) is 1. The molecule has 0 atom stereocenters. The molecular weight excluding hydrogens is 420 g/mol. The van der Waals surface area contributed by atoms with E-state index in [1.54, 1.807) is 12.1 Å². The summed E-state index contributed by atoms with van der Waals surface area (Å²) < 4.78 is 53.9. The number of hydrogen-bond acceptors (Lipinski definition) is 7. The van der Waals surface area contributed by atoms with Gasteiger partial charge in [-0.1, -0.05) is 12.1 Å².